The molecule has 0 amide bonds. The van der Waals surface area contributed by atoms with Crippen LogP contribution in [0.15, 0.2) is 60.7 Å². The Morgan fingerprint density at radius 1 is 0.958 bits per heavy atom. The summed E-state index contributed by atoms with van der Waals surface area (Å²) in [5, 5.41) is 0. The second kappa shape index (κ2) is 5.65. The molecule has 5 nitrogen and oxygen atoms in total. The summed E-state index contributed by atoms with van der Waals surface area (Å²) in [5.74, 6) is -1.18. The van der Waals surface area contributed by atoms with Gasteiger partial charge in [-0.1, -0.05) is 60.7 Å². The highest BCUT2D eigenvalue weighted by Crippen LogP contribution is 2.48. The molecular weight excluding hydrogens is 308 g/mol. The van der Waals surface area contributed by atoms with Crippen molar-refractivity contribution in [2.24, 2.45) is 0 Å². The fourth-order valence-corrected chi connectivity index (χ4v) is 3.50. The summed E-state index contributed by atoms with van der Waals surface area (Å²) in [6, 6.07) is 19.8. The standard InChI is InChI=1S/C19H18O5/c1-3-7-13(8-4-1)11-20-16-15-12-21-19(14-9-5-2-6-10-14)23-17(16)18(22-15)24-19/h1-10,15-18H,11-12H2/t15-,16-,17+,18+,19?/m1/s1. The highest BCUT2D eigenvalue weighted by Gasteiger charge is 2.63. The normalized spacial score (nSPS) is 36.8. The van der Waals surface area contributed by atoms with Crippen LogP contribution in [0.3, 0.4) is 0 Å². The third kappa shape index (κ3) is 2.29. The van der Waals surface area contributed by atoms with E-state index in [1.807, 2.05) is 60.7 Å². The van der Waals surface area contributed by atoms with Gasteiger partial charge in [0.1, 0.15) is 18.3 Å². The first-order valence-electron chi connectivity index (χ1n) is 8.20. The van der Waals surface area contributed by atoms with E-state index in [1.165, 1.54) is 0 Å². The van der Waals surface area contributed by atoms with Gasteiger partial charge in [0, 0.05) is 5.56 Å². The van der Waals surface area contributed by atoms with E-state index < -0.39 is 12.3 Å². The average molecular weight is 326 g/mol. The zero-order valence-electron chi connectivity index (χ0n) is 13.0. The number of hydrogen-bond acceptors (Lipinski definition) is 5. The summed E-state index contributed by atoms with van der Waals surface area (Å²) in [4.78, 5) is 0. The molecule has 5 atom stereocenters. The van der Waals surface area contributed by atoms with Crippen molar-refractivity contribution >= 4 is 0 Å². The second-order valence-corrected chi connectivity index (χ2v) is 6.24. The summed E-state index contributed by atoms with van der Waals surface area (Å²) in [6.45, 7) is 0.887. The predicted molar refractivity (Wildman–Crippen MR) is 83.7 cm³/mol. The van der Waals surface area contributed by atoms with E-state index >= 15 is 0 Å². The largest absolute Gasteiger partial charge is 0.368 e. The van der Waals surface area contributed by atoms with Gasteiger partial charge in [0.15, 0.2) is 6.29 Å². The maximum absolute atomic E-state index is 6.16. The summed E-state index contributed by atoms with van der Waals surface area (Å²) in [7, 11) is 0. The van der Waals surface area contributed by atoms with Crippen molar-refractivity contribution in [3.8, 4) is 0 Å². The minimum Gasteiger partial charge on any atom is -0.368 e. The molecule has 0 N–H and O–H groups in total. The zero-order valence-corrected chi connectivity index (χ0v) is 13.0. The first-order valence-corrected chi connectivity index (χ1v) is 8.20. The Bertz CT molecular complexity index is 706. The monoisotopic (exact) mass is 326 g/mol. The Morgan fingerprint density at radius 2 is 1.71 bits per heavy atom. The number of ether oxygens (including phenoxy) is 5. The molecule has 4 saturated heterocycles. The third-order valence-corrected chi connectivity index (χ3v) is 4.68. The molecule has 0 aliphatic carbocycles. The molecule has 4 aliphatic rings. The Balaban J connectivity index is 1.37. The first-order chi connectivity index (χ1) is 11.8. The molecular formula is C19H18O5. The van der Waals surface area contributed by atoms with Crippen molar-refractivity contribution < 1.29 is 23.7 Å². The van der Waals surface area contributed by atoms with Gasteiger partial charge in [-0.3, -0.25) is 4.74 Å². The molecule has 24 heavy (non-hydrogen) atoms. The minimum absolute atomic E-state index is 0.184. The van der Waals surface area contributed by atoms with Crippen molar-refractivity contribution in [2.45, 2.75) is 37.2 Å². The van der Waals surface area contributed by atoms with Crippen LogP contribution in [0.25, 0.3) is 0 Å². The van der Waals surface area contributed by atoms with E-state index in [1.54, 1.807) is 0 Å². The van der Waals surface area contributed by atoms with Crippen LogP contribution in [0.5, 0.6) is 0 Å². The van der Waals surface area contributed by atoms with Crippen LogP contribution >= 0.6 is 0 Å². The minimum atomic E-state index is -1.18. The van der Waals surface area contributed by atoms with Crippen molar-refractivity contribution in [2.75, 3.05) is 6.61 Å². The van der Waals surface area contributed by atoms with Gasteiger partial charge in [-0.2, -0.15) is 0 Å². The number of hydrogen-bond donors (Lipinski definition) is 0. The van der Waals surface area contributed by atoms with Crippen LogP contribution in [0.2, 0.25) is 0 Å². The highest BCUT2D eigenvalue weighted by molar-refractivity contribution is 5.20. The Kier molecular flexibility index (Phi) is 3.43. The summed E-state index contributed by atoms with van der Waals surface area (Å²) < 4.78 is 30.1. The molecule has 4 bridgehead atoms. The van der Waals surface area contributed by atoms with E-state index in [0.717, 1.165) is 11.1 Å². The molecule has 6 rings (SSSR count). The summed E-state index contributed by atoms with van der Waals surface area (Å²) in [6.07, 6.45) is -1.14. The predicted octanol–water partition coefficient (Wildman–Crippen LogP) is 2.55. The lowest BCUT2D eigenvalue weighted by Gasteiger charge is -2.25. The van der Waals surface area contributed by atoms with Crippen LogP contribution in [0, 0.1) is 0 Å². The molecule has 0 radical (unpaired) electrons. The van der Waals surface area contributed by atoms with Crippen molar-refractivity contribution in [1.29, 1.82) is 0 Å². The van der Waals surface area contributed by atoms with Gasteiger partial charge < -0.3 is 18.9 Å². The number of fused-ring (bicyclic) bond motifs is 1. The van der Waals surface area contributed by atoms with Crippen molar-refractivity contribution in [1.82, 2.24) is 0 Å². The van der Waals surface area contributed by atoms with Gasteiger partial charge in [0.2, 0.25) is 0 Å². The van der Waals surface area contributed by atoms with E-state index in [9.17, 15) is 0 Å². The Labute approximate surface area is 140 Å². The topological polar surface area (TPSA) is 46.2 Å². The molecule has 4 heterocycles. The smallest absolute Gasteiger partial charge is 0.314 e. The molecule has 4 aliphatic heterocycles. The fraction of sp³-hybridized carbons (Fsp3) is 0.368. The van der Waals surface area contributed by atoms with E-state index in [4.69, 9.17) is 23.7 Å². The van der Waals surface area contributed by atoms with Gasteiger partial charge >= 0.3 is 5.97 Å². The lowest BCUT2D eigenvalue weighted by Crippen LogP contribution is -2.35. The van der Waals surface area contributed by atoms with Crippen molar-refractivity contribution in [3.05, 3.63) is 71.8 Å². The van der Waals surface area contributed by atoms with Gasteiger partial charge in [-0.15, -0.1) is 0 Å². The average Bonchev–Trinajstić information content (AvgIpc) is 2.99. The molecule has 5 heteroatoms. The summed E-state index contributed by atoms with van der Waals surface area (Å²) in [5.41, 5.74) is 1.96. The van der Waals surface area contributed by atoms with Crippen LogP contribution in [-0.4, -0.2) is 31.2 Å². The van der Waals surface area contributed by atoms with Crippen LogP contribution < -0.4 is 0 Å². The lowest BCUT2D eigenvalue weighted by molar-refractivity contribution is -0.349. The number of rotatable bonds is 4. The van der Waals surface area contributed by atoms with Crippen molar-refractivity contribution in [3.63, 3.8) is 0 Å². The fourth-order valence-electron chi connectivity index (χ4n) is 3.50. The maximum atomic E-state index is 6.16. The van der Waals surface area contributed by atoms with Gasteiger partial charge in [-0.25, -0.2) is 0 Å². The van der Waals surface area contributed by atoms with E-state index in [2.05, 4.69) is 0 Å². The molecule has 0 saturated carbocycles. The van der Waals surface area contributed by atoms with Crippen LogP contribution in [0.1, 0.15) is 11.1 Å². The highest BCUT2D eigenvalue weighted by atomic mass is 17.0. The van der Waals surface area contributed by atoms with E-state index in [0.29, 0.717) is 13.2 Å². The number of benzene rings is 2. The molecule has 2 aromatic carbocycles. The molecule has 124 valence electrons. The maximum Gasteiger partial charge on any atom is 0.314 e. The Hall–Kier alpha value is -1.76. The lowest BCUT2D eigenvalue weighted by atomic mass is 10.1. The molecule has 2 aromatic rings. The first kappa shape index (κ1) is 14.6. The Morgan fingerprint density at radius 3 is 2.50 bits per heavy atom. The quantitative estimate of drug-likeness (QED) is 0.864. The van der Waals surface area contributed by atoms with Gasteiger partial charge in [0.25, 0.3) is 0 Å². The molecule has 1 unspecified atom stereocenters. The molecule has 4 fully saturated rings. The van der Waals surface area contributed by atoms with Crippen LogP contribution in [0.4, 0.5) is 0 Å². The SMILES string of the molecule is c1ccc(CO[C@H]2[C@@H]3OC4(c5ccccc5)OC[C@H]2O[C@H]3O4)cc1. The molecule has 0 aromatic heterocycles. The molecule has 0 spiro atoms. The van der Waals surface area contributed by atoms with Gasteiger partial charge in [0.05, 0.1) is 13.2 Å². The third-order valence-electron chi connectivity index (χ3n) is 4.68. The summed E-state index contributed by atoms with van der Waals surface area (Å²) >= 11 is 0. The van der Waals surface area contributed by atoms with Crippen LogP contribution in [-0.2, 0) is 36.3 Å². The zero-order chi connectivity index (χ0) is 16.0. The van der Waals surface area contributed by atoms with E-state index in [-0.39, 0.29) is 18.3 Å². The van der Waals surface area contributed by atoms with Gasteiger partial charge in [-0.05, 0) is 5.56 Å². The second-order valence-electron chi connectivity index (χ2n) is 6.24.